The van der Waals surface area contributed by atoms with Crippen LogP contribution in [0.4, 0.5) is 0 Å². The Kier molecular flexibility index (Phi) is 9.97. The molecule has 2 amide bonds. The summed E-state index contributed by atoms with van der Waals surface area (Å²) < 4.78 is 0. The Balaban J connectivity index is 2.09. The number of hydrogen-bond donors (Lipinski definition) is 2. The molecule has 23 heavy (non-hydrogen) atoms. The molecule has 1 saturated carbocycles. The molecule has 0 bridgehead atoms. The van der Waals surface area contributed by atoms with E-state index in [1.54, 1.807) is 0 Å². The molecule has 0 spiro atoms. The van der Waals surface area contributed by atoms with Crippen LogP contribution in [-0.2, 0) is 9.59 Å². The van der Waals surface area contributed by atoms with Gasteiger partial charge in [-0.2, -0.15) is 0 Å². The first-order valence-corrected chi connectivity index (χ1v) is 9.60. The van der Waals surface area contributed by atoms with Crippen LogP contribution < -0.4 is 10.6 Å². The van der Waals surface area contributed by atoms with E-state index in [0.717, 1.165) is 19.4 Å². The van der Waals surface area contributed by atoms with E-state index < -0.39 is 0 Å². The molecule has 2 N–H and O–H groups in total. The predicted molar refractivity (Wildman–Crippen MR) is 95.1 cm³/mol. The minimum atomic E-state index is 0.000650. The molecule has 1 aliphatic carbocycles. The normalized spacial score (nSPS) is 24.2. The highest BCUT2D eigenvalue weighted by atomic mass is 16.2. The van der Waals surface area contributed by atoms with E-state index in [4.69, 9.17) is 0 Å². The standard InChI is InChI=1S/C19H36N2O2/c1-4-5-6-7-8-14-20-18(22)12-13-19(23)21-17-11-9-10-15(2)16(17)3/h15-17H,4-14H2,1-3H3,(H,20,22)(H,21,23)/t15-,16-,17+/m0/s1. The zero-order valence-electron chi connectivity index (χ0n) is 15.3. The van der Waals surface area contributed by atoms with Crippen molar-refractivity contribution in [3.8, 4) is 0 Å². The molecule has 4 heteroatoms. The highest BCUT2D eigenvalue weighted by Crippen LogP contribution is 2.29. The second-order valence-electron chi connectivity index (χ2n) is 7.21. The fourth-order valence-corrected chi connectivity index (χ4v) is 3.34. The highest BCUT2D eigenvalue weighted by molar-refractivity contribution is 5.83. The molecule has 1 fully saturated rings. The van der Waals surface area contributed by atoms with Crippen LogP contribution in [0.1, 0.15) is 85.0 Å². The Morgan fingerprint density at radius 3 is 2.39 bits per heavy atom. The van der Waals surface area contributed by atoms with E-state index in [-0.39, 0.29) is 17.9 Å². The van der Waals surface area contributed by atoms with Gasteiger partial charge in [0, 0.05) is 25.4 Å². The van der Waals surface area contributed by atoms with Crippen LogP contribution in [0.25, 0.3) is 0 Å². The van der Waals surface area contributed by atoms with Gasteiger partial charge in [0.25, 0.3) is 0 Å². The number of nitrogens with one attached hydrogen (secondary N) is 2. The van der Waals surface area contributed by atoms with Gasteiger partial charge in [-0.3, -0.25) is 9.59 Å². The number of rotatable bonds is 10. The largest absolute Gasteiger partial charge is 0.356 e. The zero-order chi connectivity index (χ0) is 17.1. The summed E-state index contributed by atoms with van der Waals surface area (Å²) in [7, 11) is 0. The Morgan fingerprint density at radius 2 is 1.65 bits per heavy atom. The molecule has 0 aliphatic heterocycles. The van der Waals surface area contributed by atoms with Gasteiger partial charge in [0.05, 0.1) is 0 Å². The zero-order valence-corrected chi connectivity index (χ0v) is 15.3. The number of carbonyl (C=O) groups is 2. The lowest BCUT2D eigenvalue weighted by Crippen LogP contribution is -2.43. The van der Waals surface area contributed by atoms with Crippen molar-refractivity contribution in [2.45, 2.75) is 91.0 Å². The molecule has 0 saturated heterocycles. The van der Waals surface area contributed by atoms with Crippen molar-refractivity contribution in [2.75, 3.05) is 6.54 Å². The molecule has 0 aromatic heterocycles. The fourth-order valence-electron chi connectivity index (χ4n) is 3.34. The van der Waals surface area contributed by atoms with Crippen LogP contribution >= 0.6 is 0 Å². The third-order valence-electron chi connectivity index (χ3n) is 5.23. The number of unbranched alkanes of at least 4 members (excludes halogenated alkanes) is 4. The molecule has 0 heterocycles. The van der Waals surface area contributed by atoms with Gasteiger partial charge in [-0.05, 0) is 24.7 Å². The van der Waals surface area contributed by atoms with Crippen molar-refractivity contribution in [1.29, 1.82) is 0 Å². The Labute approximate surface area is 142 Å². The highest BCUT2D eigenvalue weighted by Gasteiger charge is 2.27. The molecule has 134 valence electrons. The van der Waals surface area contributed by atoms with Crippen LogP contribution in [0.3, 0.4) is 0 Å². The third-order valence-corrected chi connectivity index (χ3v) is 5.23. The van der Waals surface area contributed by atoms with Gasteiger partial charge in [0.2, 0.25) is 11.8 Å². The van der Waals surface area contributed by atoms with Crippen molar-refractivity contribution in [1.82, 2.24) is 10.6 Å². The molecule has 0 unspecified atom stereocenters. The van der Waals surface area contributed by atoms with E-state index >= 15 is 0 Å². The number of hydrogen-bond acceptors (Lipinski definition) is 2. The van der Waals surface area contributed by atoms with Gasteiger partial charge in [-0.15, -0.1) is 0 Å². The lowest BCUT2D eigenvalue weighted by atomic mass is 9.78. The van der Waals surface area contributed by atoms with Crippen molar-refractivity contribution in [2.24, 2.45) is 11.8 Å². The minimum absolute atomic E-state index is 0.000650. The molecule has 1 aliphatic rings. The Hall–Kier alpha value is -1.06. The van der Waals surface area contributed by atoms with Crippen LogP contribution in [0.2, 0.25) is 0 Å². The molecule has 0 aromatic rings. The fraction of sp³-hybridized carbons (Fsp3) is 0.895. The minimum Gasteiger partial charge on any atom is -0.356 e. The second kappa shape index (κ2) is 11.5. The molecule has 1 rings (SSSR count). The van der Waals surface area contributed by atoms with Gasteiger partial charge in [-0.25, -0.2) is 0 Å². The maximum atomic E-state index is 12.0. The first-order chi connectivity index (χ1) is 11.0. The average molecular weight is 325 g/mol. The molecule has 0 radical (unpaired) electrons. The van der Waals surface area contributed by atoms with E-state index in [1.165, 1.54) is 38.5 Å². The smallest absolute Gasteiger partial charge is 0.220 e. The van der Waals surface area contributed by atoms with Crippen LogP contribution in [0, 0.1) is 11.8 Å². The van der Waals surface area contributed by atoms with Gasteiger partial charge in [-0.1, -0.05) is 59.3 Å². The number of amides is 2. The summed E-state index contributed by atoms with van der Waals surface area (Å²) in [5.74, 6) is 1.23. The number of carbonyl (C=O) groups excluding carboxylic acids is 2. The lowest BCUT2D eigenvalue weighted by Gasteiger charge is -2.34. The summed E-state index contributed by atoms with van der Waals surface area (Å²) in [4.78, 5) is 23.8. The summed E-state index contributed by atoms with van der Waals surface area (Å²) in [6, 6.07) is 0.285. The van der Waals surface area contributed by atoms with E-state index in [9.17, 15) is 9.59 Å². The summed E-state index contributed by atoms with van der Waals surface area (Å²) in [6.45, 7) is 7.42. The van der Waals surface area contributed by atoms with Crippen molar-refractivity contribution in [3.05, 3.63) is 0 Å². The van der Waals surface area contributed by atoms with Crippen molar-refractivity contribution >= 4 is 11.8 Å². The topological polar surface area (TPSA) is 58.2 Å². The summed E-state index contributed by atoms with van der Waals surface area (Å²) >= 11 is 0. The summed E-state index contributed by atoms with van der Waals surface area (Å²) in [5, 5.41) is 6.04. The Morgan fingerprint density at radius 1 is 0.957 bits per heavy atom. The lowest BCUT2D eigenvalue weighted by molar-refractivity contribution is -0.127. The van der Waals surface area contributed by atoms with Crippen LogP contribution in [0.15, 0.2) is 0 Å². The monoisotopic (exact) mass is 324 g/mol. The summed E-state index contributed by atoms with van der Waals surface area (Å²) in [5.41, 5.74) is 0. The first kappa shape index (κ1) is 20.0. The quantitative estimate of drug-likeness (QED) is 0.601. The predicted octanol–water partition coefficient (Wildman–Crippen LogP) is 3.79. The van der Waals surface area contributed by atoms with E-state index in [1.807, 2.05) is 0 Å². The third kappa shape index (κ3) is 8.38. The maximum absolute atomic E-state index is 12.0. The van der Waals surface area contributed by atoms with Gasteiger partial charge < -0.3 is 10.6 Å². The van der Waals surface area contributed by atoms with Gasteiger partial charge in [0.1, 0.15) is 0 Å². The molecule has 4 nitrogen and oxygen atoms in total. The van der Waals surface area contributed by atoms with Gasteiger partial charge >= 0.3 is 0 Å². The van der Waals surface area contributed by atoms with E-state index in [2.05, 4.69) is 31.4 Å². The molecular weight excluding hydrogens is 288 g/mol. The van der Waals surface area contributed by atoms with Crippen molar-refractivity contribution < 1.29 is 9.59 Å². The molecule has 0 aromatic carbocycles. The maximum Gasteiger partial charge on any atom is 0.220 e. The molecular formula is C19H36N2O2. The first-order valence-electron chi connectivity index (χ1n) is 9.60. The van der Waals surface area contributed by atoms with Gasteiger partial charge in [0.15, 0.2) is 0 Å². The van der Waals surface area contributed by atoms with Crippen LogP contribution in [-0.4, -0.2) is 24.4 Å². The SMILES string of the molecule is CCCCCCCNC(=O)CCC(=O)N[C@@H]1CCC[C@H](C)[C@@H]1C. The average Bonchev–Trinajstić information content (AvgIpc) is 2.53. The van der Waals surface area contributed by atoms with Crippen molar-refractivity contribution in [3.63, 3.8) is 0 Å². The summed E-state index contributed by atoms with van der Waals surface area (Å²) in [6.07, 6.45) is 10.1. The Bertz CT molecular complexity index is 357. The molecule has 3 atom stereocenters. The van der Waals surface area contributed by atoms with E-state index in [0.29, 0.717) is 24.7 Å². The van der Waals surface area contributed by atoms with Crippen LogP contribution in [0.5, 0.6) is 0 Å². The second-order valence-corrected chi connectivity index (χ2v) is 7.21.